The van der Waals surface area contributed by atoms with Crippen LogP contribution in [0.4, 0.5) is 8.78 Å². The highest BCUT2D eigenvalue weighted by atomic mass is 19.2. The quantitative estimate of drug-likeness (QED) is 0.870. The predicted molar refractivity (Wildman–Crippen MR) is 101 cm³/mol. The van der Waals surface area contributed by atoms with Crippen molar-refractivity contribution in [2.24, 2.45) is 0 Å². The molecule has 2 aromatic carbocycles. The molecule has 1 heterocycles. The number of hydrogen-bond acceptors (Lipinski definition) is 4. The van der Waals surface area contributed by atoms with Gasteiger partial charge in [-0.1, -0.05) is 12.1 Å². The Bertz CT molecular complexity index is 809. The van der Waals surface area contributed by atoms with E-state index in [1.54, 1.807) is 13.0 Å². The number of hydrogen-bond donors (Lipinski definition) is 1. The number of rotatable bonds is 5. The van der Waals surface area contributed by atoms with Gasteiger partial charge < -0.3 is 14.7 Å². The first kappa shape index (κ1) is 19.7. The van der Waals surface area contributed by atoms with Gasteiger partial charge in [0.15, 0.2) is 11.6 Å². The van der Waals surface area contributed by atoms with Crippen LogP contribution < -0.4 is 4.74 Å². The molecule has 3 rings (SSSR count). The number of likely N-dealkylation sites (N-methyl/N-ethyl adjacent to an activating group) is 1. The Morgan fingerprint density at radius 1 is 1.15 bits per heavy atom. The van der Waals surface area contributed by atoms with Gasteiger partial charge in [-0.05, 0) is 56.4 Å². The number of ether oxygens (including phenoxy) is 1. The zero-order valence-corrected chi connectivity index (χ0v) is 16.0. The van der Waals surface area contributed by atoms with Crippen molar-refractivity contribution in [1.82, 2.24) is 9.80 Å². The van der Waals surface area contributed by atoms with Gasteiger partial charge in [0.25, 0.3) is 0 Å². The molecule has 1 N–H and O–H groups in total. The highest BCUT2D eigenvalue weighted by Crippen LogP contribution is 2.30. The highest BCUT2D eigenvalue weighted by Gasteiger charge is 2.26. The van der Waals surface area contributed by atoms with Gasteiger partial charge >= 0.3 is 0 Å². The minimum absolute atomic E-state index is 0.498. The van der Waals surface area contributed by atoms with Crippen LogP contribution in [-0.4, -0.2) is 48.7 Å². The topological polar surface area (TPSA) is 35.9 Å². The Morgan fingerprint density at radius 2 is 1.93 bits per heavy atom. The van der Waals surface area contributed by atoms with Crippen molar-refractivity contribution in [3.05, 3.63) is 64.7 Å². The fourth-order valence-corrected chi connectivity index (χ4v) is 3.52. The molecule has 0 amide bonds. The summed E-state index contributed by atoms with van der Waals surface area (Å²) in [4.78, 5) is 4.07. The zero-order valence-electron chi connectivity index (χ0n) is 16.0. The predicted octanol–water partition coefficient (Wildman–Crippen LogP) is 3.13. The summed E-state index contributed by atoms with van der Waals surface area (Å²) in [5.41, 5.74) is 1.54. The third kappa shape index (κ3) is 4.83. The van der Waals surface area contributed by atoms with Crippen molar-refractivity contribution in [1.29, 1.82) is 0 Å². The summed E-state index contributed by atoms with van der Waals surface area (Å²) in [5, 5.41) is 10.8. The summed E-state index contributed by atoms with van der Waals surface area (Å²) < 4.78 is 32.5. The summed E-state index contributed by atoms with van der Waals surface area (Å²) in [7, 11) is 3.84. The molecule has 6 heteroatoms. The fourth-order valence-electron chi connectivity index (χ4n) is 3.52. The van der Waals surface area contributed by atoms with E-state index in [2.05, 4.69) is 4.90 Å². The van der Waals surface area contributed by atoms with E-state index in [9.17, 15) is 13.9 Å². The lowest BCUT2D eigenvalue weighted by atomic mass is 9.93. The molecule has 1 aliphatic rings. The molecule has 0 bridgehead atoms. The Labute approximate surface area is 159 Å². The molecule has 146 valence electrons. The molecule has 0 fully saturated rings. The van der Waals surface area contributed by atoms with E-state index < -0.39 is 17.2 Å². The third-order valence-corrected chi connectivity index (χ3v) is 4.76. The summed E-state index contributed by atoms with van der Waals surface area (Å²) in [5.74, 6) is -0.871. The van der Waals surface area contributed by atoms with Gasteiger partial charge in [0.1, 0.15) is 12.4 Å². The summed E-state index contributed by atoms with van der Waals surface area (Å²) >= 11 is 0. The molecular formula is C21H26F2N2O2. The van der Waals surface area contributed by atoms with E-state index in [-0.39, 0.29) is 0 Å². The van der Waals surface area contributed by atoms with Crippen LogP contribution in [-0.2, 0) is 18.7 Å². The first-order chi connectivity index (χ1) is 12.7. The maximum atomic E-state index is 13.5. The lowest BCUT2D eigenvalue weighted by molar-refractivity contribution is 0.0299. The lowest BCUT2D eigenvalue weighted by Gasteiger charge is -2.28. The van der Waals surface area contributed by atoms with Crippen LogP contribution in [0, 0.1) is 11.6 Å². The van der Waals surface area contributed by atoms with Crippen molar-refractivity contribution in [2.75, 3.05) is 33.8 Å². The molecule has 4 nitrogen and oxygen atoms in total. The monoisotopic (exact) mass is 376 g/mol. The standard InChI is InChI=1S/C21H26F2N2O2/c1-21(26,14-24(2)3)17-5-7-20-16(11-17)13-25(8-9-27-20)12-15-4-6-18(22)19(23)10-15/h4-7,10-11,26H,8-9,12-14H2,1-3H3. The van der Waals surface area contributed by atoms with E-state index in [1.807, 2.05) is 37.2 Å². The molecule has 0 aliphatic carbocycles. The molecule has 27 heavy (non-hydrogen) atoms. The normalized spacial score (nSPS) is 17.1. The molecule has 1 aliphatic heterocycles. The summed E-state index contributed by atoms with van der Waals surface area (Å²) in [6.45, 7) is 4.61. The molecule has 0 spiro atoms. The summed E-state index contributed by atoms with van der Waals surface area (Å²) in [6.07, 6.45) is 0. The van der Waals surface area contributed by atoms with Crippen molar-refractivity contribution in [3.8, 4) is 5.75 Å². The number of halogens is 2. The number of benzene rings is 2. The first-order valence-electron chi connectivity index (χ1n) is 9.04. The van der Waals surface area contributed by atoms with Crippen LogP contribution in [0.25, 0.3) is 0 Å². The largest absolute Gasteiger partial charge is 0.492 e. The van der Waals surface area contributed by atoms with Gasteiger partial charge in [-0.2, -0.15) is 0 Å². The Morgan fingerprint density at radius 3 is 2.63 bits per heavy atom. The fraction of sp³-hybridized carbons (Fsp3) is 0.429. The van der Waals surface area contributed by atoms with Gasteiger partial charge in [0.05, 0.1) is 5.60 Å². The first-order valence-corrected chi connectivity index (χ1v) is 9.04. The van der Waals surface area contributed by atoms with Crippen LogP contribution in [0.5, 0.6) is 5.75 Å². The minimum Gasteiger partial charge on any atom is -0.492 e. The van der Waals surface area contributed by atoms with Crippen LogP contribution in [0.2, 0.25) is 0 Å². The van der Waals surface area contributed by atoms with E-state index >= 15 is 0 Å². The van der Waals surface area contributed by atoms with Gasteiger partial charge in [-0.3, -0.25) is 4.90 Å². The van der Waals surface area contributed by atoms with E-state index in [0.29, 0.717) is 38.3 Å². The van der Waals surface area contributed by atoms with Crippen LogP contribution in [0.3, 0.4) is 0 Å². The molecule has 1 unspecified atom stereocenters. The number of nitrogens with zero attached hydrogens (tertiary/aromatic N) is 2. The van der Waals surface area contributed by atoms with E-state index in [4.69, 9.17) is 4.74 Å². The average molecular weight is 376 g/mol. The second-order valence-corrected chi connectivity index (χ2v) is 7.64. The molecule has 2 aromatic rings. The Balaban J connectivity index is 1.80. The van der Waals surface area contributed by atoms with Crippen LogP contribution in [0.15, 0.2) is 36.4 Å². The van der Waals surface area contributed by atoms with Gasteiger partial charge in [0, 0.05) is 31.7 Å². The SMILES string of the molecule is CN(C)CC(C)(O)c1ccc2c(c1)CN(Cc1ccc(F)c(F)c1)CCO2. The third-order valence-electron chi connectivity index (χ3n) is 4.76. The second kappa shape index (κ2) is 7.92. The van der Waals surface area contributed by atoms with E-state index in [0.717, 1.165) is 22.9 Å². The average Bonchev–Trinajstić information content (AvgIpc) is 2.78. The molecule has 0 saturated carbocycles. The Kier molecular flexibility index (Phi) is 5.79. The van der Waals surface area contributed by atoms with Crippen molar-refractivity contribution >= 4 is 0 Å². The maximum Gasteiger partial charge on any atom is 0.159 e. The molecular weight excluding hydrogens is 350 g/mol. The van der Waals surface area contributed by atoms with E-state index in [1.165, 1.54) is 6.07 Å². The van der Waals surface area contributed by atoms with Gasteiger partial charge in [0.2, 0.25) is 0 Å². The maximum absolute atomic E-state index is 13.5. The smallest absolute Gasteiger partial charge is 0.159 e. The summed E-state index contributed by atoms with van der Waals surface area (Å²) in [6, 6.07) is 9.76. The highest BCUT2D eigenvalue weighted by molar-refractivity contribution is 5.40. The second-order valence-electron chi connectivity index (χ2n) is 7.64. The van der Waals surface area contributed by atoms with Crippen molar-refractivity contribution < 1.29 is 18.6 Å². The molecule has 0 aromatic heterocycles. The Hall–Kier alpha value is -2.02. The number of fused-ring (bicyclic) bond motifs is 1. The van der Waals surface area contributed by atoms with Gasteiger partial charge in [-0.15, -0.1) is 0 Å². The molecule has 1 atom stereocenters. The molecule has 0 saturated heterocycles. The van der Waals surface area contributed by atoms with Crippen LogP contribution >= 0.6 is 0 Å². The number of aliphatic hydroxyl groups is 1. The minimum atomic E-state index is -0.976. The lowest BCUT2D eigenvalue weighted by Crippen LogP contribution is -2.34. The van der Waals surface area contributed by atoms with Crippen molar-refractivity contribution in [2.45, 2.75) is 25.6 Å². The van der Waals surface area contributed by atoms with Crippen molar-refractivity contribution in [3.63, 3.8) is 0 Å². The molecule has 0 radical (unpaired) electrons. The van der Waals surface area contributed by atoms with Crippen LogP contribution in [0.1, 0.15) is 23.6 Å². The zero-order chi connectivity index (χ0) is 19.6. The van der Waals surface area contributed by atoms with Gasteiger partial charge in [-0.25, -0.2) is 8.78 Å².